The van der Waals surface area contributed by atoms with Crippen LogP contribution in [-0.2, 0) is 15.7 Å². The van der Waals surface area contributed by atoms with E-state index < -0.39 is 17.7 Å². The lowest BCUT2D eigenvalue weighted by Crippen LogP contribution is -2.05. The molecule has 3 aromatic rings. The standard InChI is InChI=1S/C21H11F3INO3/c22-21(23,24)14-5-1-3-12(9-14)18-8-7-16(28-18)11-17-20(27)29-19(26-17)13-4-2-6-15(25)10-13/h1-11H/b17-11-. The molecule has 2 aromatic carbocycles. The van der Waals surface area contributed by atoms with E-state index in [4.69, 9.17) is 9.15 Å². The number of hydrogen-bond donors (Lipinski definition) is 0. The third-order valence-electron chi connectivity index (χ3n) is 4.07. The number of carbonyl (C=O) groups is 1. The molecular weight excluding hydrogens is 498 g/mol. The molecule has 0 atom stereocenters. The Morgan fingerprint density at radius 1 is 0.966 bits per heavy atom. The second-order valence-electron chi connectivity index (χ2n) is 6.13. The van der Waals surface area contributed by atoms with E-state index in [1.54, 1.807) is 12.1 Å². The number of cyclic esters (lactones) is 1. The molecule has 0 saturated carbocycles. The molecule has 146 valence electrons. The van der Waals surface area contributed by atoms with Gasteiger partial charge in [0.2, 0.25) is 5.90 Å². The summed E-state index contributed by atoms with van der Waals surface area (Å²) in [6.45, 7) is 0. The maximum Gasteiger partial charge on any atom is 0.416 e. The SMILES string of the molecule is O=C1OC(c2cccc(I)c2)=N/C1=C\c1ccc(-c2cccc(C(F)(F)F)c2)o1. The molecule has 29 heavy (non-hydrogen) atoms. The van der Waals surface area contributed by atoms with Crippen LogP contribution in [0.5, 0.6) is 0 Å². The first-order valence-corrected chi connectivity index (χ1v) is 9.43. The summed E-state index contributed by atoms with van der Waals surface area (Å²) in [5, 5.41) is 0. The lowest BCUT2D eigenvalue weighted by molar-refractivity contribution is -0.137. The zero-order valence-electron chi connectivity index (χ0n) is 14.5. The fourth-order valence-electron chi connectivity index (χ4n) is 2.72. The predicted octanol–water partition coefficient (Wildman–Crippen LogP) is 5.91. The quantitative estimate of drug-likeness (QED) is 0.251. The summed E-state index contributed by atoms with van der Waals surface area (Å²) in [5.41, 5.74) is 0.223. The monoisotopic (exact) mass is 509 g/mol. The van der Waals surface area contributed by atoms with Crippen molar-refractivity contribution in [3.05, 3.63) is 86.8 Å². The summed E-state index contributed by atoms with van der Waals surface area (Å²) in [6.07, 6.45) is -3.05. The predicted molar refractivity (Wildman–Crippen MR) is 109 cm³/mol. The molecule has 0 bridgehead atoms. The lowest BCUT2D eigenvalue weighted by Gasteiger charge is -2.07. The maximum absolute atomic E-state index is 12.9. The molecule has 1 aliphatic heterocycles. The lowest BCUT2D eigenvalue weighted by atomic mass is 10.1. The molecule has 0 fully saturated rings. The Morgan fingerprint density at radius 3 is 2.48 bits per heavy atom. The smallest absolute Gasteiger partial charge is 0.416 e. The van der Waals surface area contributed by atoms with Crippen molar-refractivity contribution in [2.45, 2.75) is 6.18 Å². The van der Waals surface area contributed by atoms with Crippen LogP contribution in [0.1, 0.15) is 16.9 Å². The van der Waals surface area contributed by atoms with Crippen molar-refractivity contribution in [3.8, 4) is 11.3 Å². The first-order valence-electron chi connectivity index (χ1n) is 8.35. The van der Waals surface area contributed by atoms with Crippen LogP contribution in [0.2, 0.25) is 0 Å². The highest BCUT2D eigenvalue weighted by molar-refractivity contribution is 14.1. The summed E-state index contributed by atoms with van der Waals surface area (Å²) >= 11 is 2.14. The Balaban J connectivity index is 1.62. The van der Waals surface area contributed by atoms with Crippen LogP contribution in [0.25, 0.3) is 17.4 Å². The topological polar surface area (TPSA) is 51.8 Å². The third kappa shape index (κ3) is 4.26. The molecule has 4 nitrogen and oxygen atoms in total. The molecule has 1 aromatic heterocycles. The maximum atomic E-state index is 12.9. The Bertz CT molecular complexity index is 1160. The van der Waals surface area contributed by atoms with Gasteiger partial charge >= 0.3 is 12.1 Å². The minimum atomic E-state index is -4.44. The van der Waals surface area contributed by atoms with Gasteiger partial charge in [0.25, 0.3) is 0 Å². The van der Waals surface area contributed by atoms with E-state index in [9.17, 15) is 18.0 Å². The summed E-state index contributed by atoms with van der Waals surface area (Å²) in [6, 6.07) is 15.2. The molecule has 1 aliphatic rings. The van der Waals surface area contributed by atoms with Gasteiger partial charge in [0.15, 0.2) is 5.70 Å². The Labute approximate surface area is 176 Å². The van der Waals surface area contributed by atoms with Crippen molar-refractivity contribution >= 4 is 40.5 Å². The number of furan rings is 1. The third-order valence-corrected chi connectivity index (χ3v) is 4.74. The largest absolute Gasteiger partial charge is 0.457 e. The van der Waals surface area contributed by atoms with Crippen molar-refractivity contribution < 1.29 is 27.1 Å². The number of ether oxygens (including phenoxy) is 1. The number of benzene rings is 2. The normalized spacial score (nSPS) is 15.5. The minimum absolute atomic E-state index is 0.0452. The van der Waals surface area contributed by atoms with Gasteiger partial charge in [-0.15, -0.1) is 0 Å². The molecule has 0 N–H and O–H groups in total. The molecule has 4 rings (SSSR count). The molecular formula is C21H11F3INO3. The van der Waals surface area contributed by atoms with Gasteiger partial charge in [-0.05, 0) is 65.1 Å². The zero-order valence-corrected chi connectivity index (χ0v) is 16.7. The van der Waals surface area contributed by atoms with Crippen molar-refractivity contribution in [2.24, 2.45) is 4.99 Å². The molecule has 0 radical (unpaired) electrons. The Kier molecular flexibility index (Phi) is 5.03. The van der Waals surface area contributed by atoms with Crippen molar-refractivity contribution in [1.29, 1.82) is 0 Å². The van der Waals surface area contributed by atoms with Gasteiger partial charge in [-0.25, -0.2) is 9.79 Å². The zero-order chi connectivity index (χ0) is 20.6. The molecule has 8 heteroatoms. The highest BCUT2D eigenvalue weighted by atomic mass is 127. The summed E-state index contributed by atoms with van der Waals surface area (Å²) in [7, 11) is 0. The molecule has 0 saturated heterocycles. The van der Waals surface area contributed by atoms with E-state index in [1.165, 1.54) is 24.3 Å². The molecule has 0 amide bonds. The van der Waals surface area contributed by atoms with Crippen LogP contribution < -0.4 is 0 Å². The van der Waals surface area contributed by atoms with Crippen molar-refractivity contribution in [1.82, 2.24) is 0 Å². The van der Waals surface area contributed by atoms with E-state index in [0.717, 1.165) is 15.7 Å². The van der Waals surface area contributed by atoms with Crippen molar-refractivity contribution in [3.63, 3.8) is 0 Å². The Morgan fingerprint density at radius 2 is 1.72 bits per heavy atom. The van der Waals surface area contributed by atoms with Crippen molar-refractivity contribution in [2.75, 3.05) is 0 Å². The fraction of sp³-hybridized carbons (Fsp3) is 0.0476. The number of halogens is 4. The first-order chi connectivity index (χ1) is 13.8. The molecule has 0 unspecified atom stereocenters. The fourth-order valence-corrected chi connectivity index (χ4v) is 3.27. The highest BCUT2D eigenvalue weighted by Crippen LogP contribution is 2.33. The number of hydrogen-bond acceptors (Lipinski definition) is 4. The highest BCUT2D eigenvalue weighted by Gasteiger charge is 2.30. The van der Waals surface area contributed by atoms with E-state index in [2.05, 4.69) is 27.6 Å². The van der Waals surface area contributed by atoms with E-state index >= 15 is 0 Å². The van der Waals surface area contributed by atoms with Crippen LogP contribution in [0, 0.1) is 3.57 Å². The number of esters is 1. The van der Waals surface area contributed by atoms with Gasteiger partial charge in [0, 0.05) is 20.8 Å². The summed E-state index contributed by atoms with van der Waals surface area (Å²) in [5.74, 6) is 0.0773. The van der Waals surface area contributed by atoms with Gasteiger partial charge in [0.1, 0.15) is 11.5 Å². The number of nitrogens with zero attached hydrogens (tertiary/aromatic N) is 1. The van der Waals surface area contributed by atoms with Crippen LogP contribution in [0.3, 0.4) is 0 Å². The van der Waals surface area contributed by atoms with Crippen LogP contribution in [0.15, 0.2) is 75.8 Å². The van der Waals surface area contributed by atoms with Gasteiger partial charge in [-0.3, -0.25) is 0 Å². The first kappa shape index (κ1) is 19.4. The van der Waals surface area contributed by atoms with E-state index in [-0.39, 0.29) is 28.7 Å². The average molecular weight is 509 g/mol. The number of alkyl halides is 3. The number of carbonyl (C=O) groups excluding carboxylic acids is 1. The second-order valence-corrected chi connectivity index (χ2v) is 7.37. The number of aliphatic imine (C=N–C) groups is 1. The van der Waals surface area contributed by atoms with E-state index in [1.807, 2.05) is 18.2 Å². The Hall–Kier alpha value is -2.88. The van der Waals surface area contributed by atoms with Gasteiger partial charge in [-0.2, -0.15) is 13.2 Å². The van der Waals surface area contributed by atoms with Crippen LogP contribution in [-0.4, -0.2) is 11.9 Å². The average Bonchev–Trinajstić information content (AvgIpc) is 3.29. The molecule has 0 aliphatic carbocycles. The van der Waals surface area contributed by atoms with E-state index in [0.29, 0.717) is 5.56 Å². The summed E-state index contributed by atoms with van der Waals surface area (Å²) < 4.78 is 50.4. The van der Waals surface area contributed by atoms with Gasteiger partial charge in [-0.1, -0.05) is 18.2 Å². The van der Waals surface area contributed by atoms with Gasteiger partial charge in [0.05, 0.1) is 5.56 Å². The van der Waals surface area contributed by atoms with Gasteiger partial charge < -0.3 is 9.15 Å². The number of rotatable bonds is 3. The van der Waals surface area contributed by atoms with Crippen LogP contribution in [0.4, 0.5) is 13.2 Å². The van der Waals surface area contributed by atoms with Crippen LogP contribution >= 0.6 is 22.6 Å². The molecule has 2 heterocycles. The minimum Gasteiger partial charge on any atom is -0.457 e. The summed E-state index contributed by atoms with van der Waals surface area (Å²) in [4.78, 5) is 16.3. The second kappa shape index (κ2) is 7.51. The molecule has 0 spiro atoms.